The number of likely N-dealkylation sites (tertiary alicyclic amines) is 1. The molecule has 0 aromatic carbocycles. The normalized spacial score (nSPS) is 21.2. The van der Waals surface area contributed by atoms with Gasteiger partial charge in [-0.2, -0.15) is 0 Å². The standard InChI is InChI=1S/C15H26N2O4/c1-10(2)15(3,14(20)21)9-12(18)17-8-6-7-11(17)13(19)16(4)5/h10-11H,6-9H2,1-5H3,(H,20,21). The van der Waals surface area contributed by atoms with Crippen molar-refractivity contribution < 1.29 is 19.5 Å². The molecule has 2 atom stereocenters. The molecule has 6 nitrogen and oxygen atoms in total. The summed E-state index contributed by atoms with van der Waals surface area (Å²) in [5.74, 6) is -1.47. The third-order valence-corrected chi connectivity index (χ3v) is 4.58. The lowest BCUT2D eigenvalue weighted by Crippen LogP contribution is -2.48. The molecule has 1 aliphatic rings. The zero-order chi connectivity index (χ0) is 16.4. The smallest absolute Gasteiger partial charge is 0.310 e. The van der Waals surface area contributed by atoms with Crippen LogP contribution in [-0.2, 0) is 14.4 Å². The van der Waals surface area contributed by atoms with E-state index in [0.717, 1.165) is 6.42 Å². The van der Waals surface area contributed by atoms with Crippen molar-refractivity contribution in [2.75, 3.05) is 20.6 Å². The van der Waals surface area contributed by atoms with Crippen molar-refractivity contribution in [3.8, 4) is 0 Å². The van der Waals surface area contributed by atoms with Crippen molar-refractivity contribution in [3.63, 3.8) is 0 Å². The lowest BCUT2D eigenvalue weighted by molar-refractivity contribution is -0.156. The Balaban J connectivity index is 2.87. The first kappa shape index (κ1) is 17.5. The van der Waals surface area contributed by atoms with Crippen molar-refractivity contribution in [3.05, 3.63) is 0 Å². The Hall–Kier alpha value is -1.59. The highest BCUT2D eigenvalue weighted by Crippen LogP contribution is 2.33. The molecule has 21 heavy (non-hydrogen) atoms. The van der Waals surface area contributed by atoms with Gasteiger partial charge in [-0.3, -0.25) is 14.4 Å². The molecular formula is C15H26N2O4. The van der Waals surface area contributed by atoms with Gasteiger partial charge in [0.15, 0.2) is 0 Å². The van der Waals surface area contributed by atoms with Gasteiger partial charge in [0.25, 0.3) is 0 Å². The van der Waals surface area contributed by atoms with Gasteiger partial charge in [0.2, 0.25) is 11.8 Å². The van der Waals surface area contributed by atoms with Gasteiger partial charge in [0.05, 0.1) is 5.41 Å². The van der Waals surface area contributed by atoms with Crippen LogP contribution in [0.2, 0.25) is 0 Å². The van der Waals surface area contributed by atoms with Crippen LogP contribution in [0, 0.1) is 11.3 Å². The van der Waals surface area contributed by atoms with Gasteiger partial charge in [-0.05, 0) is 25.7 Å². The molecule has 0 aromatic heterocycles. The Morgan fingerprint density at radius 3 is 2.33 bits per heavy atom. The van der Waals surface area contributed by atoms with Gasteiger partial charge in [-0.25, -0.2) is 0 Å². The Kier molecular flexibility index (Phi) is 5.36. The number of carboxylic acids is 1. The SMILES string of the molecule is CC(C)C(C)(CC(=O)N1CCCC1C(=O)N(C)C)C(=O)O. The average molecular weight is 298 g/mol. The predicted molar refractivity (Wildman–Crippen MR) is 78.6 cm³/mol. The average Bonchev–Trinajstić information content (AvgIpc) is 2.85. The second kappa shape index (κ2) is 6.45. The molecule has 1 fully saturated rings. The van der Waals surface area contributed by atoms with E-state index in [-0.39, 0.29) is 24.2 Å². The Morgan fingerprint density at radius 1 is 1.33 bits per heavy atom. The Morgan fingerprint density at radius 2 is 1.90 bits per heavy atom. The van der Waals surface area contributed by atoms with Crippen LogP contribution >= 0.6 is 0 Å². The summed E-state index contributed by atoms with van der Waals surface area (Å²) in [5, 5.41) is 9.41. The lowest BCUT2D eigenvalue weighted by Gasteiger charge is -2.32. The minimum Gasteiger partial charge on any atom is -0.481 e. The highest BCUT2D eigenvalue weighted by Gasteiger charge is 2.43. The summed E-state index contributed by atoms with van der Waals surface area (Å²) in [7, 11) is 3.33. The molecule has 0 radical (unpaired) electrons. The van der Waals surface area contributed by atoms with Crippen LogP contribution in [-0.4, -0.2) is 59.4 Å². The first-order valence-electron chi connectivity index (χ1n) is 7.35. The molecule has 1 saturated heterocycles. The third-order valence-electron chi connectivity index (χ3n) is 4.58. The first-order chi connectivity index (χ1) is 9.61. The molecule has 1 heterocycles. The summed E-state index contributed by atoms with van der Waals surface area (Å²) in [5.41, 5.74) is -1.11. The minimum absolute atomic E-state index is 0.0722. The van der Waals surface area contributed by atoms with Crippen molar-refractivity contribution >= 4 is 17.8 Å². The van der Waals surface area contributed by atoms with E-state index in [1.54, 1.807) is 39.8 Å². The number of nitrogens with zero attached hydrogens (tertiary/aromatic N) is 2. The molecule has 1 aliphatic heterocycles. The quantitative estimate of drug-likeness (QED) is 0.827. The van der Waals surface area contributed by atoms with E-state index >= 15 is 0 Å². The van der Waals surface area contributed by atoms with Gasteiger partial charge < -0.3 is 14.9 Å². The zero-order valence-corrected chi connectivity index (χ0v) is 13.5. The maximum Gasteiger partial charge on any atom is 0.310 e. The number of carbonyl (C=O) groups excluding carboxylic acids is 2. The van der Waals surface area contributed by atoms with E-state index in [1.807, 2.05) is 0 Å². The lowest BCUT2D eigenvalue weighted by atomic mass is 9.76. The van der Waals surface area contributed by atoms with Crippen molar-refractivity contribution in [1.82, 2.24) is 9.80 Å². The van der Waals surface area contributed by atoms with Crippen LogP contribution < -0.4 is 0 Å². The molecule has 0 aromatic rings. The van der Waals surface area contributed by atoms with Crippen LogP contribution in [0.1, 0.15) is 40.0 Å². The van der Waals surface area contributed by atoms with Crippen LogP contribution in [0.15, 0.2) is 0 Å². The van der Waals surface area contributed by atoms with E-state index in [2.05, 4.69) is 0 Å². The number of hydrogen-bond donors (Lipinski definition) is 1. The fourth-order valence-electron chi connectivity index (χ4n) is 2.56. The fourth-order valence-corrected chi connectivity index (χ4v) is 2.56. The molecule has 0 spiro atoms. The second-order valence-corrected chi connectivity index (χ2v) is 6.53. The highest BCUT2D eigenvalue weighted by atomic mass is 16.4. The predicted octanol–water partition coefficient (Wildman–Crippen LogP) is 1.20. The topological polar surface area (TPSA) is 77.9 Å². The Labute approximate surface area is 126 Å². The van der Waals surface area contributed by atoms with Crippen LogP contribution in [0.4, 0.5) is 0 Å². The first-order valence-corrected chi connectivity index (χ1v) is 7.35. The molecule has 1 N–H and O–H groups in total. The number of rotatable bonds is 5. The van der Waals surface area contributed by atoms with Gasteiger partial charge in [-0.1, -0.05) is 13.8 Å². The molecular weight excluding hydrogens is 272 g/mol. The highest BCUT2D eigenvalue weighted by molar-refractivity contribution is 5.90. The maximum absolute atomic E-state index is 12.5. The van der Waals surface area contributed by atoms with E-state index in [1.165, 1.54) is 4.90 Å². The number of hydrogen-bond acceptors (Lipinski definition) is 3. The van der Waals surface area contributed by atoms with E-state index in [4.69, 9.17) is 0 Å². The number of amides is 2. The van der Waals surface area contributed by atoms with Crippen molar-refractivity contribution in [2.24, 2.45) is 11.3 Å². The molecule has 0 bridgehead atoms. The summed E-state index contributed by atoms with van der Waals surface area (Å²) >= 11 is 0. The van der Waals surface area contributed by atoms with Crippen molar-refractivity contribution in [1.29, 1.82) is 0 Å². The number of likely N-dealkylation sites (N-methyl/N-ethyl adjacent to an activating group) is 1. The van der Waals surface area contributed by atoms with Crippen LogP contribution in [0.25, 0.3) is 0 Å². The monoisotopic (exact) mass is 298 g/mol. The van der Waals surface area contributed by atoms with E-state index in [9.17, 15) is 19.5 Å². The van der Waals surface area contributed by atoms with Gasteiger partial charge in [-0.15, -0.1) is 0 Å². The molecule has 0 saturated carbocycles. The van der Waals surface area contributed by atoms with Crippen LogP contribution in [0.3, 0.4) is 0 Å². The number of aliphatic carboxylic acids is 1. The molecule has 2 unspecified atom stereocenters. The summed E-state index contributed by atoms with van der Waals surface area (Å²) in [6.07, 6.45) is 1.35. The molecule has 0 aliphatic carbocycles. The van der Waals surface area contributed by atoms with Gasteiger partial charge in [0, 0.05) is 27.1 Å². The summed E-state index contributed by atoms with van der Waals surface area (Å²) in [6.45, 7) is 5.72. The number of carbonyl (C=O) groups is 3. The van der Waals surface area contributed by atoms with Crippen molar-refractivity contribution in [2.45, 2.75) is 46.1 Å². The molecule has 6 heteroatoms. The molecule has 1 rings (SSSR count). The van der Waals surface area contributed by atoms with Crippen LogP contribution in [0.5, 0.6) is 0 Å². The largest absolute Gasteiger partial charge is 0.481 e. The summed E-state index contributed by atoms with van der Waals surface area (Å²) in [6, 6.07) is -0.447. The van der Waals surface area contributed by atoms with E-state index < -0.39 is 17.4 Å². The van der Waals surface area contributed by atoms with Gasteiger partial charge >= 0.3 is 5.97 Å². The second-order valence-electron chi connectivity index (χ2n) is 6.53. The third kappa shape index (κ3) is 3.54. The van der Waals surface area contributed by atoms with E-state index in [0.29, 0.717) is 13.0 Å². The number of carboxylic acid groups (broad SMARTS) is 1. The minimum atomic E-state index is -1.11. The summed E-state index contributed by atoms with van der Waals surface area (Å²) < 4.78 is 0. The maximum atomic E-state index is 12.5. The fraction of sp³-hybridized carbons (Fsp3) is 0.800. The summed E-state index contributed by atoms with van der Waals surface area (Å²) in [4.78, 5) is 39.1. The van der Waals surface area contributed by atoms with Gasteiger partial charge in [0.1, 0.15) is 6.04 Å². The zero-order valence-electron chi connectivity index (χ0n) is 13.5. The molecule has 120 valence electrons. The molecule has 2 amide bonds. The Bertz CT molecular complexity index is 433.